The molecule has 1 aromatic heterocycles. The first-order valence-corrected chi connectivity index (χ1v) is 6.73. The molecule has 0 saturated heterocycles. The number of aromatic nitrogens is 2. The topological polar surface area (TPSA) is 64.0 Å². The van der Waals surface area contributed by atoms with Crippen molar-refractivity contribution in [3.63, 3.8) is 0 Å². The third kappa shape index (κ3) is 3.66. The van der Waals surface area contributed by atoms with Crippen molar-refractivity contribution in [1.29, 1.82) is 0 Å². The van der Waals surface area contributed by atoms with Crippen LogP contribution in [0.15, 0.2) is 35.1 Å². The van der Waals surface area contributed by atoms with Gasteiger partial charge in [0.2, 0.25) is 0 Å². The van der Waals surface area contributed by atoms with Crippen LogP contribution in [0, 0.1) is 5.82 Å². The number of aryl methyl sites for hydroxylation is 1. The van der Waals surface area contributed by atoms with E-state index >= 15 is 0 Å². The second-order valence-corrected chi connectivity index (χ2v) is 4.79. The Morgan fingerprint density at radius 3 is 2.81 bits per heavy atom. The highest BCUT2D eigenvalue weighted by Gasteiger charge is 2.12. The number of carbonyl (C=O) groups is 1. The van der Waals surface area contributed by atoms with Crippen LogP contribution in [0.4, 0.5) is 10.1 Å². The number of amides is 1. The van der Waals surface area contributed by atoms with Crippen LogP contribution in [0.2, 0.25) is 5.02 Å². The maximum atomic E-state index is 13.6. The third-order valence-corrected chi connectivity index (χ3v) is 2.95. The summed E-state index contributed by atoms with van der Waals surface area (Å²) in [6.07, 6.45) is 0.712. The smallest absolute Gasteiger partial charge is 0.276 e. The summed E-state index contributed by atoms with van der Waals surface area (Å²) in [6.45, 7) is 2.30. The Bertz CT molecular complexity index is 730. The van der Waals surface area contributed by atoms with E-state index in [1.807, 2.05) is 6.92 Å². The standard InChI is InChI=1S/C14H13ClFN3O2/c1-2-7-19-13(20)6-5-12(18-19)14(21)17-11-4-3-9(15)8-10(11)16/h3-6,8H,2,7H2,1H3,(H,17,21). The van der Waals surface area contributed by atoms with E-state index < -0.39 is 11.7 Å². The Kier molecular flexibility index (Phi) is 4.70. The minimum absolute atomic E-state index is 0.000517. The maximum Gasteiger partial charge on any atom is 0.276 e. The van der Waals surface area contributed by atoms with Gasteiger partial charge < -0.3 is 5.32 Å². The molecule has 1 aromatic carbocycles. The van der Waals surface area contributed by atoms with Crippen LogP contribution in [0.25, 0.3) is 0 Å². The first-order chi connectivity index (χ1) is 10.0. The number of nitrogens with zero attached hydrogens (tertiary/aromatic N) is 2. The van der Waals surface area contributed by atoms with Crippen LogP contribution in [0.5, 0.6) is 0 Å². The summed E-state index contributed by atoms with van der Waals surface area (Å²) < 4.78 is 14.8. The first-order valence-electron chi connectivity index (χ1n) is 6.36. The molecule has 21 heavy (non-hydrogen) atoms. The second-order valence-electron chi connectivity index (χ2n) is 4.36. The lowest BCUT2D eigenvalue weighted by molar-refractivity contribution is 0.101. The van der Waals surface area contributed by atoms with Crippen molar-refractivity contribution in [2.45, 2.75) is 19.9 Å². The summed E-state index contributed by atoms with van der Waals surface area (Å²) in [6, 6.07) is 6.49. The zero-order valence-electron chi connectivity index (χ0n) is 11.3. The predicted molar refractivity (Wildman–Crippen MR) is 78.2 cm³/mol. The number of hydrogen-bond acceptors (Lipinski definition) is 3. The fourth-order valence-corrected chi connectivity index (χ4v) is 1.88. The zero-order chi connectivity index (χ0) is 15.4. The van der Waals surface area contributed by atoms with Gasteiger partial charge in [0.25, 0.3) is 11.5 Å². The van der Waals surface area contributed by atoms with Crippen molar-refractivity contribution in [2.75, 3.05) is 5.32 Å². The minimum atomic E-state index is -0.641. The van der Waals surface area contributed by atoms with Gasteiger partial charge in [-0.1, -0.05) is 18.5 Å². The van der Waals surface area contributed by atoms with E-state index in [-0.39, 0.29) is 22.0 Å². The van der Waals surface area contributed by atoms with Crippen LogP contribution in [0.1, 0.15) is 23.8 Å². The Morgan fingerprint density at radius 2 is 2.14 bits per heavy atom. The highest BCUT2D eigenvalue weighted by molar-refractivity contribution is 6.30. The van der Waals surface area contributed by atoms with E-state index in [1.54, 1.807) is 0 Å². The Balaban J connectivity index is 2.24. The monoisotopic (exact) mass is 309 g/mol. The summed E-state index contributed by atoms with van der Waals surface area (Å²) in [5.74, 6) is -1.24. The van der Waals surface area contributed by atoms with E-state index in [2.05, 4.69) is 10.4 Å². The molecular weight excluding hydrogens is 297 g/mol. The highest BCUT2D eigenvalue weighted by atomic mass is 35.5. The molecule has 1 N–H and O–H groups in total. The number of halogens is 2. The number of rotatable bonds is 4. The van der Waals surface area contributed by atoms with E-state index in [0.717, 1.165) is 6.07 Å². The minimum Gasteiger partial charge on any atom is -0.318 e. The molecule has 0 saturated carbocycles. The first kappa shape index (κ1) is 15.2. The fraction of sp³-hybridized carbons (Fsp3) is 0.214. The summed E-state index contributed by atoms with van der Waals surface area (Å²) in [7, 11) is 0. The lowest BCUT2D eigenvalue weighted by atomic mass is 10.3. The average molecular weight is 310 g/mol. The summed E-state index contributed by atoms with van der Waals surface area (Å²) in [5, 5.41) is 6.58. The van der Waals surface area contributed by atoms with E-state index in [0.29, 0.717) is 13.0 Å². The van der Waals surface area contributed by atoms with Crippen LogP contribution in [-0.2, 0) is 6.54 Å². The normalized spacial score (nSPS) is 10.4. The molecule has 110 valence electrons. The average Bonchev–Trinajstić information content (AvgIpc) is 2.44. The number of nitrogens with one attached hydrogen (secondary N) is 1. The van der Waals surface area contributed by atoms with Crippen molar-refractivity contribution in [2.24, 2.45) is 0 Å². The van der Waals surface area contributed by atoms with Gasteiger partial charge in [-0.15, -0.1) is 0 Å². The SMILES string of the molecule is CCCn1nc(C(=O)Nc2ccc(Cl)cc2F)ccc1=O. The number of hydrogen-bond donors (Lipinski definition) is 1. The molecule has 0 spiro atoms. The third-order valence-electron chi connectivity index (χ3n) is 2.71. The number of carbonyl (C=O) groups excluding carboxylic acids is 1. The van der Waals surface area contributed by atoms with Gasteiger partial charge in [0.1, 0.15) is 11.5 Å². The molecule has 0 bridgehead atoms. The van der Waals surface area contributed by atoms with Gasteiger partial charge in [-0.3, -0.25) is 9.59 Å². The van der Waals surface area contributed by atoms with Gasteiger partial charge in [0, 0.05) is 17.6 Å². The Hall–Kier alpha value is -2.21. The van der Waals surface area contributed by atoms with E-state index in [4.69, 9.17) is 11.6 Å². The summed E-state index contributed by atoms with van der Waals surface area (Å²) in [4.78, 5) is 23.6. The maximum absolute atomic E-state index is 13.6. The lowest BCUT2D eigenvalue weighted by Gasteiger charge is -2.08. The molecule has 0 unspecified atom stereocenters. The second kappa shape index (κ2) is 6.49. The summed E-state index contributed by atoms with van der Waals surface area (Å²) in [5.41, 5.74) is -0.247. The molecule has 0 fully saturated rings. The van der Waals surface area contributed by atoms with Gasteiger partial charge in [-0.05, 0) is 30.7 Å². The quantitative estimate of drug-likeness (QED) is 0.944. The fourth-order valence-electron chi connectivity index (χ4n) is 1.72. The Morgan fingerprint density at radius 1 is 1.38 bits per heavy atom. The van der Waals surface area contributed by atoms with Crippen LogP contribution in [-0.4, -0.2) is 15.7 Å². The number of benzene rings is 1. The molecule has 2 rings (SSSR count). The molecule has 2 aromatic rings. The van der Waals surface area contributed by atoms with Gasteiger partial charge >= 0.3 is 0 Å². The van der Waals surface area contributed by atoms with Crippen LogP contribution in [0.3, 0.4) is 0 Å². The molecule has 0 aliphatic rings. The van der Waals surface area contributed by atoms with E-state index in [9.17, 15) is 14.0 Å². The van der Waals surface area contributed by atoms with Crippen molar-refractivity contribution in [3.05, 3.63) is 57.2 Å². The van der Waals surface area contributed by atoms with Crippen molar-refractivity contribution < 1.29 is 9.18 Å². The molecule has 1 amide bonds. The molecular formula is C14H13ClFN3O2. The molecule has 0 aliphatic heterocycles. The largest absolute Gasteiger partial charge is 0.318 e. The predicted octanol–water partition coefficient (Wildman–Crippen LogP) is 2.70. The van der Waals surface area contributed by atoms with Gasteiger partial charge in [-0.25, -0.2) is 9.07 Å². The van der Waals surface area contributed by atoms with E-state index in [1.165, 1.54) is 28.9 Å². The molecule has 0 atom stereocenters. The molecule has 7 heteroatoms. The zero-order valence-corrected chi connectivity index (χ0v) is 12.0. The lowest BCUT2D eigenvalue weighted by Crippen LogP contribution is -2.26. The Labute approximate surface area is 125 Å². The molecule has 0 aliphatic carbocycles. The van der Waals surface area contributed by atoms with Gasteiger partial charge in [0.15, 0.2) is 0 Å². The molecule has 1 heterocycles. The van der Waals surface area contributed by atoms with Gasteiger partial charge in [-0.2, -0.15) is 5.10 Å². The van der Waals surface area contributed by atoms with Crippen LogP contribution < -0.4 is 10.9 Å². The van der Waals surface area contributed by atoms with Crippen molar-refractivity contribution >= 4 is 23.2 Å². The van der Waals surface area contributed by atoms with Crippen molar-refractivity contribution in [1.82, 2.24) is 9.78 Å². The van der Waals surface area contributed by atoms with Crippen LogP contribution >= 0.6 is 11.6 Å². The summed E-state index contributed by atoms with van der Waals surface area (Å²) >= 11 is 5.64. The van der Waals surface area contributed by atoms with Crippen molar-refractivity contribution in [3.8, 4) is 0 Å². The number of anilines is 1. The van der Waals surface area contributed by atoms with Gasteiger partial charge in [0.05, 0.1) is 5.69 Å². The molecule has 0 radical (unpaired) electrons. The highest BCUT2D eigenvalue weighted by Crippen LogP contribution is 2.19. The molecule has 5 nitrogen and oxygen atoms in total.